The van der Waals surface area contributed by atoms with Crippen molar-refractivity contribution in [3.8, 4) is 0 Å². The van der Waals surface area contributed by atoms with E-state index < -0.39 is 17.8 Å². The van der Waals surface area contributed by atoms with Gasteiger partial charge in [0.15, 0.2) is 0 Å². The van der Waals surface area contributed by atoms with E-state index >= 15 is 0 Å². The average molecular weight is 259 g/mol. The second-order valence-electron chi connectivity index (χ2n) is 3.84. The van der Waals surface area contributed by atoms with Gasteiger partial charge in [-0.3, -0.25) is 4.79 Å². The van der Waals surface area contributed by atoms with Crippen LogP contribution in [0.2, 0.25) is 0 Å². The average Bonchev–Trinajstić information content (AvgIpc) is 2.27. The van der Waals surface area contributed by atoms with Crippen LogP contribution in [0.25, 0.3) is 0 Å². The first-order valence-corrected chi connectivity index (χ1v) is 5.21. The van der Waals surface area contributed by atoms with Gasteiger partial charge in [-0.05, 0) is 24.1 Å². The lowest BCUT2D eigenvalue weighted by molar-refractivity contribution is -0.137. The minimum atomic E-state index is -4.37. The zero-order valence-electron chi connectivity index (χ0n) is 9.62. The van der Waals surface area contributed by atoms with Gasteiger partial charge in [-0.15, -0.1) is 0 Å². The van der Waals surface area contributed by atoms with Crippen LogP contribution in [0.5, 0.6) is 0 Å². The van der Waals surface area contributed by atoms with Crippen LogP contribution in [0.4, 0.5) is 13.2 Å². The Kier molecular flexibility index (Phi) is 4.47. The molecule has 18 heavy (non-hydrogen) atoms. The topological polar surface area (TPSA) is 46.2 Å². The standard InChI is InChI=1S/C12H12F3NO2/c1-8(18)16-11(7-17)6-9-2-4-10(5-3-9)12(13,14)15/h2-5,7,11H,6H2,1H3,(H,16,18)/t11-/m1/s1. The molecule has 0 aliphatic carbocycles. The minimum Gasteiger partial charge on any atom is -0.346 e. The van der Waals surface area contributed by atoms with Crippen molar-refractivity contribution in [2.24, 2.45) is 0 Å². The highest BCUT2D eigenvalue weighted by Crippen LogP contribution is 2.29. The predicted molar refractivity (Wildman–Crippen MR) is 58.8 cm³/mol. The number of benzene rings is 1. The number of amides is 1. The second-order valence-corrected chi connectivity index (χ2v) is 3.84. The molecule has 1 rings (SSSR count). The molecule has 3 nitrogen and oxygen atoms in total. The summed E-state index contributed by atoms with van der Waals surface area (Å²) in [5.41, 5.74) is -0.192. The number of hydrogen-bond acceptors (Lipinski definition) is 2. The van der Waals surface area contributed by atoms with E-state index in [1.165, 1.54) is 19.1 Å². The number of carbonyl (C=O) groups excluding carboxylic acids is 2. The molecule has 6 heteroatoms. The van der Waals surface area contributed by atoms with Gasteiger partial charge in [-0.1, -0.05) is 12.1 Å². The molecule has 1 aromatic carbocycles. The van der Waals surface area contributed by atoms with Crippen molar-refractivity contribution in [3.05, 3.63) is 35.4 Å². The molecule has 0 aromatic heterocycles. The number of hydrogen-bond donors (Lipinski definition) is 1. The number of nitrogens with one attached hydrogen (secondary N) is 1. The van der Waals surface area contributed by atoms with E-state index in [0.29, 0.717) is 11.8 Å². The number of alkyl halides is 3. The van der Waals surface area contributed by atoms with Crippen LogP contribution in [-0.4, -0.2) is 18.2 Å². The third-order valence-corrected chi connectivity index (χ3v) is 2.29. The normalized spacial score (nSPS) is 12.9. The lowest BCUT2D eigenvalue weighted by Crippen LogP contribution is -2.35. The molecule has 0 bridgehead atoms. The molecule has 1 amide bonds. The fourth-order valence-electron chi connectivity index (χ4n) is 1.48. The molecular formula is C12H12F3NO2. The molecule has 0 saturated heterocycles. The van der Waals surface area contributed by atoms with Crippen molar-refractivity contribution in [1.29, 1.82) is 0 Å². The first-order valence-electron chi connectivity index (χ1n) is 5.21. The van der Waals surface area contributed by atoms with Crippen molar-refractivity contribution < 1.29 is 22.8 Å². The van der Waals surface area contributed by atoms with E-state index in [0.717, 1.165) is 12.1 Å². The van der Waals surface area contributed by atoms with Gasteiger partial charge in [-0.2, -0.15) is 13.2 Å². The lowest BCUT2D eigenvalue weighted by atomic mass is 10.0. The second kappa shape index (κ2) is 5.66. The highest BCUT2D eigenvalue weighted by atomic mass is 19.4. The molecule has 0 radical (unpaired) electrons. The van der Waals surface area contributed by atoms with Crippen molar-refractivity contribution in [2.45, 2.75) is 25.6 Å². The van der Waals surface area contributed by atoms with E-state index in [-0.39, 0.29) is 12.3 Å². The molecule has 1 atom stereocenters. The maximum Gasteiger partial charge on any atom is 0.416 e. The van der Waals surface area contributed by atoms with Crippen LogP contribution in [-0.2, 0) is 22.2 Å². The summed E-state index contributed by atoms with van der Waals surface area (Å²) in [7, 11) is 0. The van der Waals surface area contributed by atoms with E-state index in [1.807, 2.05) is 0 Å². The summed E-state index contributed by atoms with van der Waals surface area (Å²) >= 11 is 0. The van der Waals surface area contributed by atoms with Gasteiger partial charge in [-0.25, -0.2) is 0 Å². The van der Waals surface area contributed by atoms with Crippen molar-refractivity contribution >= 4 is 12.2 Å². The zero-order chi connectivity index (χ0) is 13.8. The molecular weight excluding hydrogens is 247 g/mol. The fourth-order valence-corrected chi connectivity index (χ4v) is 1.48. The Labute approximate surface area is 102 Å². The summed E-state index contributed by atoms with van der Waals surface area (Å²) in [6.45, 7) is 1.27. The maximum absolute atomic E-state index is 12.3. The van der Waals surface area contributed by atoms with E-state index in [9.17, 15) is 22.8 Å². The van der Waals surface area contributed by atoms with Gasteiger partial charge in [0.2, 0.25) is 5.91 Å². The van der Waals surface area contributed by atoms with E-state index in [1.54, 1.807) is 0 Å². The Bertz CT molecular complexity index is 426. The quantitative estimate of drug-likeness (QED) is 0.840. The maximum atomic E-state index is 12.3. The predicted octanol–water partition coefficient (Wildman–Crippen LogP) is 1.95. The largest absolute Gasteiger partial charge is 0.416 e. The zero-order valence-corrected chi connectivity index (χ0v) is 9.62. The Morgan fingerprint density at radius 1 is 1.33 bits per heavy atom. The van der Waals surface area contributed by atoms with Crippen LogP contribution in [0.3, 0.4) is 0 Å². The Morgan fingerprint density at radius 3 is 2.28 bits per heavy atom. The molecule has 1 aromatic rings. The summed E-state index contributed by atoms with van der Waals surface area (Å²) in [5, 5.41) is 2.39. The highest BCUT2D eigenvalue weighted by Gasteiger charge is 2.29. The molecule has 1 N–H and O–H groups in total. The van der Waals surface area contributed by atoms with E-state index in [2.05, 4.69) is 5.32 Å². The van der Waals surface area contributed by atoms with Crippen LogP contribution in [0, 0.1) is 0 Å². The molecule has 0 heterocycles. The Balaban J connectivity index is 2.74. The van der Waals surface area contributed by atoms with Gasteiger partial charge in [0.05, 0.1) is 11.6 Å². The van der Waals surface area contributed by atoms with Gasteiger partial charge in [0.25, 0.3) is 0 Å². The molecule has 0 aliphatic rings. The van der Waals surface area contributed by atoms with Crippen molar-refractivity contribution in [2.75, 3.05) is 0 Å². The van der Waals surface area contributed by atoms with Crippen LogP contribution in [0.1, 0.15) is 18.1 Å². The summed E-state index contributed by atoms with van der Waals surface area (Å²) in [4.78, 5) is 21.4. The summed E-state index contributed by atoms with van der Waals surface area (Å²) in [5.74, 6) is -0.362. The third-order valence-electron chi connectivity index (χ3n) is 2.29. The number of halogens is 3. The van der Waals surface area contributed by atoms with Crippen molar-refractivity contribution in [3.63, 3.8) is 0 Å². The summed E-state index contributed by atoms with van der Waals surface area (Å²) < 4.78 is 36.9. The summed E-state index contributed by atoms with van der Waals surface area (Å²) in [6.07, 6.45) is -3.65. The van der Waals surface area contributed by atoms with Crippen LogP contribution >= 0.6 is 0 Å². The van der Waals surface area contributed by atoms with Crippen LogP contribution < -0.4 is 5.32 Å². The minimum absolute atomic E-state index is 0.168. The fraction of sp³-hybridized carbons (Fsp3) is 0.333. The van der Waals surface area contributed by atoms with Gasteiger partial charge in [0.1, 0.15) is 6.29 Å². The first-order chi connectivity index (χ1) is 8.32. The van der Waals surface area contributed by atoms with Crippen LogP contribution in [0.15, 0.2) is 24.3 Å². The van der Waals surface area contributed by atoms with Gasteiger partial charge >= 0.3 is 6.18 Å². The molecule has 0 spiro atoms. The molecule has 0 unspecified atom stereocenters. The SMILES string of the molecule is CC(=O)N[C@@H](C=O)Cc1ccc(C(F)(F)F)cc1. The number of rotatable bonds is 4. The first kappa shape index (κ1) is 14.2. The lowest BCUT2D eigenvalue weighted by Gasteiger charge is -2.12. The molecule has 0 aliphatic heterocycles. The molecule has 0 saturated carbocycles. The smallest absolute Gasteiger partial charge is 0.346 e. The monoisotopic (exact) mass is 259 g/mol. The molecule has 0 fully saturated rings. The Morgan fingerprint density at radius 2 is 1.89 bits per heavy atom. The third kappa shape index (κ3) is 4.20. The van der Waals surface area contributed by atoms with Crippen molar-refractivity contribution in [1.82, 2.24) is 5.32 Å². The van der Waals surface area contributed by atoms with E-state index in [4.69, 9.17) is 0 Å². The Hall–Kier alpha value is -1.85. The van der Waals surface area contributed by atoms with Gasteiger partial charge in [0, 0.05) is 6.92 Å². The van der Waals surface area contributed by atoms with Gasteiger partial charge < -0.3 is 10.1 Å². The molecule has 98 valence electrons. The summed E-state index contributed by atoms with van der Waals surface area (Å²) in [6, 6.07) is 3.76. The number of carbonyl (C=O) groups is 2. The highest BCUT2D eigenvalue weighted by molar-refractivity contribution is 5.77. The number of aldehydes is 1.